The second-order valence-electron chi connectivity index (χ2n) is 5.13. The Balaban J connectivity index is 2.53. The van der Waals surface area contributed by atoms with Gasteiger partial charge in [0, 0.05) is 30.1 Å². The van der Waals surface area contributed by atoms with Gasteiger partial charge in [-0.2, -0.15) is 5.10 Å². The first-order valence-corrected chi connectivity index (χ1v) is 7.00. The number of nitro groups is 1. The normalized spacial score (nSPS) is 10.7. The van der Waals surface area contributed by atoms with E-state index >= 15 is 0 Å². The van der Waals surface area contributed by atoms with Crippen molar-refractivity contribution in [2.24, 2.45) is 0 Å². The van der Waals surface area contributed by atoms with Crippen molar-refractivity contribution in [3.05, 3.63) is 45.3 Å². The number of nitrogens with zero attached hydrogens (tertiary/aromatic N) is 3. The number of hydrogen-bond acceptors (Lipinski definition) is 4. The second kappa shape index (κ2) is 5.95. The minimum absolute atomic E-state index is 0.0660. The molecule has 0 bridgehead atoms. The zero-order valence-electron chi connectivity index (χ0n) is 12.8. The molecule has 1 heterocycles. The van der Waals surface area contributed by atoms with Crippen LogP contribution in [0.2, 0.25) is 0 Å². The number of benzene rings is 1. The minimum Gasteiger partial charge on any atom is -0.385 e. The van der Waals surface area contributed by atoms with E-state index in [1.165, 1.54) is 0 Å². The Labute approximate surface area is 123 Å². The van der Waals surface area contributed by atoms with Crippen molar-refractivity contribution in [3.8, 4) is 5.69 Å². The second-order valence-corrected chi connectivity index (χ2v) is 5.13. The average Bonchev–Trinajstić information content (AvgIpc) is 2.72. The van der Waals surface area contributed by atoms with Gasteiger partial charge in [0.05, 0.1) is 16.3 Å². The van der Waals surface area contributed by atoms with Crippen LogP contribution in [-0.2, 0) is 0 Å². The third-order valence-corrected chi connectivity index (χ3v) is 3.59. The Kier molecular flexibility index (Phi) is 4.26. The largest absolute Gasteiger partial charge is 0.385 e. The summed E-state index contributed by atoms with van der Waals surface area (Å²) in [7, 11) is 0. The molecule has 0 radical (unpaired) electrons. The van der Waals surface area contributed by atoms with Crippen LogP contribution in [0, 0.1) is 30.9 Å². The highest BCUT2D eigenvalue weighted by molar-refractivity contribution is 5.59. The van der Waals surface area contributed by atoms with E-state index in [4.69, 9.17) is 0 Å². The number of non-ortho nitro benzene ring substituents is 1. The molecule has 0 atom stereocenters. The molecule has 0 saturated heterocycles. The third kappa shape index (κ3) is 3.04. The van der Waals surface area contributed by atoms with Gasteiger partial charge in [0.15, 0.2) is 0 Å². The molecule has 112 valence electrons. The molecule has 0 spiro atoms. The predicted molar refractivity (Wildman–Crippen MR) is 83.2 cm³/mol. The summed E-state index contributed by atoms with van der Waals surface area (Å²) in [5.41, 5.74) is 4.54. The van der Waals surface area contributed by atoms with Gasteiger partial charge in [0.2, 0.25) is 0 Å². The fourth-order valence-electron chi connectivity index (χ4n) is 2.17. The molecular formula is C15H20N4O2. The van der Waals surface area contributed by atoms with E-state index in [9.17, 15) is 10.1 Å². The van der Waals surface area contributed by atoms with E-state index in [1.807, 2.05) is 26.8 Å². The maximum Gasteiger partial charge on any atom is 0.273 e. The van der Waals surface area contributed by atoms with Crippen molar-refractivity contribution in [1.82, 2.24) is 9.78 Å². The van der Waals surface area contributed by atoms with Gasteiger partial charge < -0.3 is 5.32 Å². The van der Waals surface area contributed by atoms with Gasteiger partial charge >= 0.3 is 0 Å². The first-order valence-electron chi connectivity index (χ1n) is 7.00. The fraction of sp³-hybridized carbons (Fsp3) is 0.400. The summed E-state index contributed by atoms with van der Waals surface area (Å²) in [4.78, 5) is 10.7. The molecule has 0 amide bonds. The van der Waals surface area contributed by atoms with Crippen molar-refractivity contribution in [3.63, 3.8) is 0 Å². The number of rotatable bonds is 5. The zero-order valence-corrected chi connectivity index (χ0v) is 12.8. The topological polar surface area (TPSA) is 73.0 Å². The van der Waals surface area contributed by atoms with Gasteiger partial charge in [-0.25, -0.2) is 4.68 Å². The van der Waals surface area contributed by atoms with E-state index in [1.54, 1.807) is 16.8 Å². The number of anilines is 1. The summed E-state index contributed by atoms with van der Waals surface area (Å²) in [5, 5.41) is 18.8. The summed E-state index contributed by atoms with van der Waals surface area (Å²) in [6, 6.07) is 5.00. The molecule has 1 aromatic heterocycles. The van der Waals surface area contributed by atoms with Crippen LogP contribution in [0.3, 0.4) is 0 Å². The molecule has 2 aromatic rings. The van der Waals surface area contributed by atoms with Crippen molar-refractivity contribution >= 4 is 11.4 Å². The van der Waals surface area contributed by atoms with E-state index in [-0.39, 0.29) is 10.6 Å². The SMILES string of the molecule is CCCNc1cc(-n2nc(C)c(C)c2C)cc([N+](=O)[O-])c1. The van der Waals surface area contributed by atoms with Crippen LogP contribution < -0.4 is 5.32 Å². The number of aromatic nitrogens is 2. The summed E-state index contributed by atoms with van der Waals surface area (Å²) in [6.07, 6.45) is 0.955. The van der Waals surface area contributed by atoms with Gasteiger partial charge in [-0.05, 0) is 38.8 Å². The molecule has 0 aliphatic heterocycles. The highest BCUT2D eigenvalue weighted by Gasteiger charge is 2.14. The Morgan fingerprint density at radius 2 is 2.00 bits per heavy atom. The number of nitro benzene ring substituents is 1. The van der Waals surface area contributed by atoms with Crippen LogP contribution in [-0.4, -0.2) is 21.2 Å². The van der Waals surface area contributed by atoms with Crippen molar-refractivity contribution < 1.29 is 4.92 Å². The predicted octanol–water partition coefficient (Wildman–Crippen LogP) is 3.53. The Morgan fingerprint density at radius 3 is 2.52 bits per heavy atom. The molecule has 6 heteroatoms. The lowest BCUT2D eigenvalue weighted by Gasteiger charge is -2.09. The fourth-order valence-corrected chi connectivity index (χ4v) is 2.17. The molecule has 2 rings (SSSR count). The quantitative estimate of drug-likeness (QED) is 0.674. The first-order chi connectivity index (χ1) is 9.93. The standard InChI is InChI=1S/C15H20N4O2/c1-5-6-16-13-7-14(9-15(8-13)19(20)21)18-12(4)10(2)11(3)17-18/h7-9,16H,5-6H2,1-4H3. The van der Waals surface area contributed by atoms with Crippen LogP contribution in [0.15, 0.2) is 18.2 Å². The summed E-state index contributed by atoms with van der Waals surface area (Å²) >= 11 is 0. The Bertz CT molecular complexity index is 677. The van der Waals surface area contributed by atoms with Crippen LogP contribution in [0.1, 0.15) is 30.3 Å². The lowest BCUT2D eigenvalue weighted by molar-refractivity contribution is -0.384. The minimum atomic E-state index is -0.376. The van der Waals surface area contributed by atoms with E-state index < -0.39 is 0 Å². The van der Waals surface area contributed by atoms with Gasteiger partial charge in [-0.3, -0.25) is 10.1 Å². The molecule has 1 N–H and O–H groups in total. The Hall–Kier alpha value is -2.37. The number of aryl methyl sites for hydroxylation is 1. The van der Waals surface area contributed by atoms with Crippen molar-refractivity contribution in [2.75, 3.05) is 11.9 Å². The molecule has 0 aliphatic rings. The molecule has 6 nitrogen and oxygen atoms in total. The van der Waals surface area contributed by atoms with Gasteiger partial charge in [-0.1, -0.05) is 6.92 Å². The monoisotopic (exact) mass is 288 g/mol. The lowest BCUT2D eigenvalue weighted by atomic mass is 10.2. The molecule has 0 fully saturated rings. The number of nitrogens with one attached hydrogen (secondary N) is 1. The van der Waals surface area contributed by atoms with Crippen LogP contribution in [0.5, 0.6) is 0 Å². The molecule has 0 saturated carbocycles. The number of hydrogen-bond donors (Lipinski definition) is 1. The molecule has 0 aliphatic carbocycles. The van der Waals surface area contributed by atoms with Crippen molar-refractivity contribution in [2.45, 2.75) is 34.1 Å². The zero-order chi connectivity index (χ0) is 15.6. The van der Waals surface area contributed by atoms with E-state index in [0.717, 1.165) is 35.6 Å². The van der Waals surface area contributed by atoms with Gasteiger partial charge in [0.25, 0.3) is 5.69 Å². The summed E-state index contributed by atoms with van der Waals surface area (Å²) in [6.45, 7) is 8.73. The highest BCUT2D eigenvalue weighted by Crippen LogP contribution is 2.25. The average molecular weight is 288 g/mol. The molecular weight excluding hydrogens is 268 g/mol. The maximum atomic E-state index is 11.1. The van der Waals surface area contributed by atoms with E-state index in [2.05, 4.69) is 17.3 Å². The van der Waals surface area contributed by atoms with Crippen LogP contribution in [0.4, 0.5) is 11.4 Å². The van der Waals surface area contributed by atoms with Crippen LogP contribution in [0.25, 0.3) is 5.69 Å². The van der Waals surface area contributed by atoms with Crippen molar-refractivity contribution in [1.29, 1.82) is 0 Å². The smallest absolute Gasteiger partial charge is 0.273 e. The molecule has 21 heavy (non-hydrogen) atoms. The summed E-state index contributed by atoms with van der Waals surface area (Å²) in [5.74, 6) is 0. The van der Waals surface area contributed by atoms with Gasteiger partial charge in [-0.15, -0.1) is 0 Å². The van der Waals surface area contributed by atoms with Crippen LogP contribution >= 0.6 is 0 Å². The van der Waals surface area contributed by atoms with Gasteiger partial charge in [0.1, 0.15) is 0 Å². The molecule has 0 unspecified atom stereocenters. The third-order valence-electron chi connectivity index (χ3n) is 3.59. The Morgan fingerprint density at radius 1 is 1.29 bits per heavy atom. The lowest BCUT2D eigenvalue weighted by Crippen LogP contribution is -2.05. The first kappa shape index (κ1) is 15.0. The van der Waals surface area contributed by atoms with E-state index in [0.29, 0.717) is 5.69 Å². The molecule has 1 aromatic carbocycles. The maximum absolute atomic E-state index is 11.1. The highest BCUT2D eigenvalue weighted by atomic mass is 16.6. The summed E-state index contributed by atoms with van der Waals surface area (Å²) < 4.78 is 1.76.